The van der Waals surface area contributed by atoms with E-state index in [1.165, 1.54) is 13.2 Å². The van der Waals surface area contributed by atoms with Crippen LogP contribution in [0.5, 0.6) is 5.75 Å². The van der Waals surface area contributed by atoms with Gasteiger partial charge in [0.05, 0.1) is 12.7 Å². The van der Waals surface area contributed by atoms with Gasteiger partial charge >= 0.3 is 0 Å². The van der Waals surface area contributed by atoms with Crippen LogP contribution in [0.1, 0.15) is 18.9 Å². The van der Waals surface area contributed by atoms with Gasteiger partial charge in [0.2, 0.25) is 0 Å². The number of methoxy groups -OCH3 is 1. The summed E-state index contributed by atoms with van der Waals surface area (Å²) in [6.45, 7) is 2.97. The van der Waals surface area contributed by atoms with E-state index in [-0.39, 0.29) is 23.5 Å². The molecule has 158 valence electrons. The summed E-state index contributed by atoms with van der Waals surface area (Å²) in [5, 5.41) is 2.79. The minimum atomic E-state index is -1.07. The van der Waals surface area contributed by atoms with E-state index in [4.69, 9.17) is 9.47 Å². The van der Waals surface area contributed by atoms with Gasteiger partial charge in [-0.2, -0.15) is 0 Å². The summed E-state index contributed by atoms with van der Waals surface area (Å²) < 4.78 is 37.6. The Kier molecular flexibility index (Phi) is 6.79. The highest BCUT2D eigenvalue weighted by Gasteiger charge is 2.40. The normalized spacial score (nSPS) is 13.9. The van der Waals surface area contributed by atoms with Crippen LogP contribution in [-0.4, -0.2) is 43.6 Å². The molecule has 0 aliphatic carbocycles. The van der Waals surface area contributed by atoms with E-state index in [1.54, 1.807) is 24.3 Å². The maximum absolute atomic E-state index is 13.7. The van der Waals surface area contributed by atoms with Crippen LogP contribution >= 0.6 is 0 Å². The molecule has 0 fully saturated rings. The van der Waals surface area contributed by atoms with Crippen molar-refractivity contribution in [3.63, 3.8) is 0 Å². The molecule has 0 bridgehead atoms. The molecule has 0 aromatic heterocycles. The van der Waals surface area contributed by atoms with Gasteiger partial charge in [0.1, 0.15) is 11.4 Å². The molecule has 1 aliphatic heterocycles. The minimum absolute atomic E-state index is 0.0214. The van der Waals surface area contributed by atoms with E-state index in [2.05, 4.69) is 5.32 Å². The van der Waals surface area contributed by atoms with Gasteiger partial charge in [-0.15, -0.1) is 0 Å². The molecule has 6 nitrogen and oxygen atoms in total. The fourth-order valence-electron chi connectivity index (χ4n) is 3.18. The molecule has 2 amide bonds. The molecule has 2 aromatic rings. The van der Waals surface area contributed by atoms with Crippen LogP contribution in [0, 0.1) is 11.6 Å². The average Bonchev–Trinajstić information content (AvgIpc) is 2.97. The molecule has 0 spiro atoms. The third kappa shape index (κ3) is 4.33. The summed E-state index contributed by atoms with van der Waals surface area (Å²) >= 11 is 0. The number of benzene rings is 2. The van der Waals surface area contributed by atoms with Crippen LogP contribution in [-0.2, 0) is 14.3 Å². The van der Waals surface area contributed by atoms with Crippen molar-refractivity contribution < 1.29 is 27.8 Å². The van der Waals surface area contributed by atoms with E-state index in [1.807, 2.05) is 6.92 Å². The lowest BCUT2D eigenvalue weighted by Gasteiger charge is -2.15. The Balaban J connectivity index is 2.00. The van der Waals surface area contributed by atoms with E-state index >= 15 is 0 Å². The summed E-state index contributed by atoms with van der Waals surface area (Å²) in [6.07, 6.45) is 0.475. The largest absolute Gasteiger partial charge is 0.496 e. The van der Waals surface area contributed by atoms with Gasteiger partial charge in [-0.05, 0) is 31.5 Å². The van der Waals surface area contributed by atoms with Crippen LogP contribution in [0.25, 0.3) is 5.57 Å². The molecule has 8 heteroatoms. The van der Waals surface area contributed by atoms with Crippen molar-refractivity contribution in [3.05, 3.63) is 65.4 Å². The Labute approximate surface area is 173 Å². The lowest BCUT2D eigenvalue weighted by Crippen LogP contribution is -2.34. The van der Waals surface area contributed by atoms with Gasteiger partial charge in [0, 0.05) is 37.1 Å². The molecule has 3 rings (SSSR count). The highest BCUT2D eigenvalue weighted by molar-refractivity contribution is 6.37. The number of nitrogens with zero attached hydrogens (tertiary/aromatic N) is 1. The topological polar surface area (TPSA) is 67.9 Å². The summed E-state index contributed by atoms with van der Waals surface area (Å²) in [5.41, 5.74) is 0.662. The number of amides is 2. The van der Waals surface area contributed by atoms with Gasteiger partial charge in [0.15, 0.2) is 11.6 Å². The summed E-state index contributed by atoms with van der Waals surface area (Å²) in [7, 11) is 1.46. The molecule has 0 radical (unpaired) electrons. The Morgan fingerprint density at radius 2 is 1.80 bits per heavy atom. The van der Waals surface area contributed by atoms with Crippen molar-refractivity contribution in [2.45, 2.75) is 13.3 Å². The van der Waals surface area contributed by atoms with Gasteiger partial charge in [-0.3, -0.25) is 14.5 Å². The maximum Gasteiger partial charge on any atom is 0.278 e. The number of anilines is 1. The number of hydrogen-bond acceptors (Lipinski definition) is 5. The Hall–Kier alpha value is -3.26. The highest BCUT2D eigenvalue weighted by Crippen LogP contribution is 2.35. The lowest BCUT2D eigenvalue weighted by atomic mass is 10.0. The molecule has 1 heterocycles. The second kappa shape index (κ2) is 9.49. The van der Waals surface area contributed by atoms with Crippen LogP contribution in [0.15, 0.2) is 48.2 Å². The molecule has 30 heavy (non-hydrogen) atoms. The van der Waals surface area contributed by atoms with Crippen molar-refractivity contribution in [2.75, 3.05) is 32.2 Å². The number of carbonyl (C=O) groups is 2. The van der Waals surface area contributed by atoms with E-state index in [9.17, 15) is 18.4 Å². The fraction of sp³-hybridized carbons (Fsp3) is 0.273. The quantitative estimate of drug-likeness (QED) is 0.500. The fourth-order valence-corrected chi connectivity index (χ4v) is 3.18. The maximum atomic E-state index is 13.7. The summed E-state index contributed by atoms with van der Waals surface area (Å²) in [4.78, 5) is 27.3. The average molecular weight is 416 g/mol. The van der Waals surface area contributed by atoms with Crippen LogP contribution in [0.3, 0.4) is 0 Å². The first-order chi connectivity index (χ1) is 14.5. The smallest absolute Gasteiger partial charge is 0.278 e. The highest BCUT2D eigenvalue weighted by atomic mass is 19.2. The number of rotatable bonds is 9. The SMILES string of the molecule is CCOCCCN1C(=O)C(Nc2ccc(F)c(F)c2)=C(c2ccccc2OC)C1=O. The first kappa shape index (κ1) is 21.4. The molecule has 2 aromatic carbocycles. The van der Waals surface area contributed by atoms with Gasteiger partial charge in [0.25, 0.3) is 11.8 Å². The number of para-hydroxylation sites is 1. The first-order valence-electron chi connectivity index (χ1n) is 9.51. The summed E-state index contributed by atoms with van der Waals surface area (Å²) in [5.74, 6) is -2.71. The van der Waals surface area contributed by atoms with E-state index in [0.29, 0.717) is 30.9 Å². The predicted octanol–water partition coefficient (Wildman–Crippen LogP) is 3.59. The van der Waals surface area contributed by atoms with E-state index < -0.39 is 23.4 Å². The van der Waals surface area contributed by atoms with E-state index in [0.717, 1.165) is 17.0 Å². The number of ether oxygens (including phenoxy) is 2. The van der Waals surface area contributed by atoms with Crippen LogP contribution < -0.4 is 10.1 Å². The van der Waals surface area contributed by atoms with Crippen molar-refractivity contribution >= 4 is 23.1 Å². The zero-order chi connectivity index (χ0) is 21.7. The number of carbonyl (C=O) groups excluding carboxylic acids is 2. The molecule has 1 N–H and O–H groups in total. The second-order valence-electron chi connectivity index (χ2n) is 6.52. The molecule has 1 aliphatic rings. The Bertz CT molecular complexity index is 991. The number of hydrogen-bond donors (Lipinski definition) is 1. The zero-order valence-electron chi connectivity index (χ0n) is 16.7. The minimum Gasteiger partial charge on any atom is -0.496 e. The predicted molar refractivity (Wildman–Crippen MR) is 108 cm³/mol. The summed E-state index contributed by atoms with van der Waals surface area (Å²) in [6, 6.07) is 9.96. The van der Waals surface area contributed by atoms with Crippen molar-refractivity contribution in [1.29, 1.82) is 0 Å². The van der Waals surface area contributed by atoms with Gasteiger partial charge in [-0.25, -0.2) is 8.78 Å². The Morgan fingerprint density at radius 3 is 2.50 bits per heavy atom. The van der Waals surface area contributed by atoms with Crippen molar-refractivity contribution in [2.24, 2.45) is 0 Å². The third-order valence-electron chi connectivity index (χ3n) is 4.61. The molecule has 0 saturated heterocycles. The second-order valence-corrected chi connectivity index (χ2v) is 6.52. The van der Waals surface area contributed by atoms with Crippen LogP contribution in [0.4, 0.5) is 14.5 Å². The molecular formula is C22H22F2N2O4. The number of nitrogens with one attached hydrogen (secondary N) is 1. The standard InChI is InChI=1S/C22H22F2N2O4/c1-3-30-12-6-11-26-21(27)19(15-7-4-5-8-18(15)29-2)20(22(26)28)25-14-9-10-16(23)17(24)13-14/h4-5,7-10,13,25H,3,6,11-12H2,1-2H3. The molecule has 0 atom stereocenters. The third-order valence-corrected chi connectivity index (χ3v) is 4.61. The molecular weight excluding hydrogens is 394 g/mol. The number of halogens is 2. The van der Waals surface area contributed by atoms with Gasteiger partial charge in [-0.1, -0.05) is 18.2 Å². The molecule has 0 unspecified atom stereocenters. The van der Waals surface area contributed by atoms with Gasteiger partial charge < -0.3 is 14.8 Å². The van der Waals surface area contributed by atoms with Crippen molar-refractivity contribution in [1.82, 2.24) is 4.90 Å². The van der Waals surface area contributed by atoms with Crippen LogP contribution in [0.2, 0.25) is 0 Å². The molecule has 0 saturated carbocycles. The lowest BCUT2D eigenvalue weighted by molar-refractivity contribution is -0.137. The monoisotopic (exact) mass is 416 g/mol. The zero-order valence-corrected chi connectivity index (χ0v) is 16.7. The first-order valence-corrected chi connectivity index (χ1v) is 9.51. The Morgan fingerprint density at radius 1 is 1.03 bits per heavy atom. The number of imide groups is 1. The van der Waals surface area contributed by atoms with Crippen molar-refractivity contribution in [3.8, 4) is 5.75 Å².